The van der Waals surface area contributed by atoms with Crippen LogP contribution < -0.4 is 4.57 Å². The fourth-order valence-corrected chi connectivity index (χ4v) is 4.55. The van der Waals surface area contributed by atoms with Gasteiger partial charge in [0.1, 0.15) is 9.68 Å². The summed E-state index contributed by atoms with van der Waals surface area (Å²) in [6, 6.07) is 14.6. The first-order valence-electron chi connectivity index (χ1n) is 6.11. The Morgan fingerprint density at radius 2 is 2.00 bits per heavy atom. The molecule has 0 saturated carbocycles. The molecule has 1 aromatic carbocycles. The van der Waals surface area contributed by atoms with Gasteiger partial charge in [-0.3, -0.25) is 0 Å². The van der Waals surface area contributed by atoms with Crippen molar-refractivity contribution in [1.82, 2.24) is 0 Å². The van der Waals surface area contributed by atoms with Crippen LogP contribution in [0.25, 0.3) is 0 Å². The van der Waals surface area contributed by atoms with Gasteiger partial charge in [0.2, 0.25) is 0 Å². The summed E-state index contributed by atoms with van der Waals surface area (Å²) >= 11 is 0. The van der Waals surface area contributed by atoms with E-state index in [0.29, 0.717) is 6.04 Å². The molecule has 0 heterocycles. The highest BCUT2D eigenvalue weighted by atomic mass is 28.2. The summed E-state index contributed by atoms with van der Waals surface area (Å²) in [5, 5.41) is 0. The smallest absolute Gasteiger partial charge is 0.124 e. The fraction of sp³-hybridized carbons (Fsp3) is 0.500. The van der Waals surface area contributed by atoms with Gasteiger partial charge in [-0.25, -0.2) is 0 Å². The summed E-state index contributed by atoms with van der Waals surface area (Å²) in [5.74, 6) is 0. The SMILES string of the molecule is CCC(C)N([SiH2]CC[SiH3])c1ccccc1. The molecule has 1 rings (SSSR count). The molecule has 0 aliphatic carbocycles. The van der Waals surface area contributed by atoms with E-state index in [-0.39, 0.29) is 9.68 Å². The number of nitrogens with zero attached hydrogens (tertiary/aromatic N) is 1. The van der Waals surface area contributed by atoms with Gasteiger partial charge in [-0.1, -0.05) is 31.2 Å². The molecule has 0 aliphatic rings. The summed E-state index contributed by atoms with van der Waals surface area (Å²) in [7, 11) is 1.30. The quantitative estimate of drug-likeness (QED) is 0.679. The zero-order chi connectivity index (χ0) is 11.1. The third-order valence-electron chi connectivity index (χ3n) is 2.96. The van der Waals surface area contributed by atoms with E-state index in [0.717, 1.165) is 0 Å². The number of benzene rings is 1. The normalized spacial score (nSPS) is 13.5. The molecule has 1 unspecified atom stereocenters. The van der Waals surface area contributed by atoms with Crippen molar-refractivity contribution in [2.75, 3.05) is 4.57 Å². The van der Waals surface area contributed by atoms with Crippen molar-refractivity contribution in [3.63, 3.8) is 0 Å². The minimum Gasteiger partial charge on any atom is -0.401 e. The van der Waals surface area contributed by atoms with E-state index in [4.69, 9.17) is 0 Å². The second-order valence-electron chi connectivity index (χ2n) is 4.14. The van der Waals surface area contributed by atoms with Gasteiger partial charge < -0.3 is 4.57 Å². The lowest BCUT2D eigenvalue weighted by molar-refractivity contribution is 0.709. The maximum atomic E-state index is 2.68. The van der Waals surface area contributed by atoms with Crippen molar-refractivity contribution in [2.24, 2.45) is 0 Å². The van der Waals surface area contributed by atoms with Crippen LogP contribution >= 0.6 is 0 Å². The molecule has 0 amide bonds. The molecule has 0 N–H and O–H groups in total. The van der Waals surface area contributed by atoms with Crippen molar-refractivity contribution in [1.29, 1.82) is 0 Å². The third kappa shape index (κ3) is 3.83. The van der Waals surface area contributed by atoms with Crippen molar-refractivity contribution in [3.05, 3.63) is 30.3 Å². The molecule has 84 valence electrons. The highest BCUT2D eigenvalue weighted by Crippen LogP contribution is 2.17. The molecule has 3 heteroatoms. The van der Waals surface area contributed by atoms with Crippen LogP contribution in [-0.4, -0.2) is 26.0 Å². The van der Waals surface area contributed by atoms with Crippen LogP contribution in [0.2, 0.25) is 12.1 Å². The number of hydrogen-bond donors (Lipinski definition) is 0. The van der Waals surface area contributed by atoms with E-state index in [9.17, 15) is 0 Å². The lowest BCUT2D eigenvalue weighted by atomic mass is 10.2. The predicted octanol–water partition coefficient (Wildman–Crippen LogP) is 1.58. The van der Waals surface area contributed by atoms with E-state index in [1.807, 2.05) is 0 Å². The summed E-state index contributed by atoms with van der Waals surface area (Å²) in [4.78, 5) is 0. The molecule has 1 atom stereocenters. The van der Waals surface area contributed by atoms with Crippen LogP contribution in [0, 0.1) is 0 Å². The van der Waals surface area contributed by atoms with Crippen molar-refractivity contribution >= 4 is 25.6 Å². The molecule has 1 aromatic rings. The van der Waals surface area contributed by atoms with Crippen LogP contribution in [-0.2, 0) is 0 Å². The minimum absolute atomic E-state index is 0.0634. The van der Waals surface area contributed by atoms with Gasteiger partial charge in [0.25, 0.3) is 0 Å². The summed E-state index contributed by atoms with van der Waals surface area (Å²) in [6.45, 7) is 4.64. The zero-order valence-corrected chi connectivity index (χ0v) is 13.7. The highest BCUT2D eigenvalue weighted by Gasteiger charge is 2.11. The first-order chi connectivity index (χ1) is 7.29. The monoisotopic (exact) mass is 237 g/mol. The van der Waals surface area contributed by atoms with Gasteiger partial charge in [-0.05, 0) is 31.5 Å². The Bertz CT molecular complexity index is 264. The Morgan fingerprint density at radius 1 is 1.33 bits per heavy atom. The van der Waals surface area contributed by atoms with E-state index in [2.05, 4.69) is 48.7 Å². The van der Waals surface area contributed by atoms with Gasteiger partial charge in [-0.2, -0.15) is 0 Å². The highest BCUT2D eigenvalue weighted by molar-refractivity contribution is 6.42. The van der Waals surface area contributed by atoms with Gasteiger partial charge in [0.15, 0.2) is 0 Å². The van der Waals surface area contributed by atoms with E-state index in [1.165, 1.54) is 34.4 Å². The molecule has 1 nitrogen and oxygen atoms in total. The number of para-hydroxylation sites is 1. The van der Waals surface area contributed by atoms with E-state index >= 15 is 0 Å². The summed E-state index contributed by atoms with van der Waals surface area (Å²) in [5.41, 5.74) is 1.44. The van der Waals surface area contributed by atoms with Crippen LogP contribution in [0.5, 0.6) is 0 Å². The predicted molar refractivity (Wildman–Crippen MR) is 76.8 cm³/mol. The maximum absolute atomic E-state index is 2.68. The Balaban J connectivity index is 2.72. The number of anilines is 1. The third-order valence-corrected chi connectivity index (χ3v) is 7.58. The minimum atomic E-state index is -0.0634. The van der Waals surface area contributed by atoms with Crippen molar-refractivity contribution in [3.8, 4) is 0 Å². The maximum Gasteiger partial charge on any atom is 0.124 e. The Labute approximate surface area is 99.2 Å². The standard InChI is InChI=1S/C12H23NSi2/c1-3-11(2)13(15-10-9-14)12-7-5-4-6-8-12/h4-8,11H,3,9-10,15H2,1-2,14H3. The first kappa shape index (κ1) is 12.5. The average molecular weight is 237 g/mol. The van der Waals surface area contributed by atoms with E-state index in [1.54, 1.807) is 0 Å². The molecule has 0 saturated heterocycles. The van der Waals surface area contributed by atoms with Crippen LogP contribution in [0.1, 0.15) is 20.3 Å². The largest absolute Gasteiger partial charge is 0.401 e. The van der Waals surface area contributed by atoms with Gasteiger partial charge in [0, 0.05) is 22.0 Å². The number of rotatable bonds is 6. The van der Waals surface area contributed by atoms with Gasteiger partial charge in [0.05, 0.1) is 0 Å². The summed E-state index contributed by atoms with van der Waals surface area (Å²) in [6.07, 6.45) is 1.25. The van der Waals surface area contributed by atoms with Crippen LogP contribution in [0.4, 0.5) is 5.69 Å². The zero-order valence-electron chi connectivity index (χ0n) is 10.2. The Morgan fingerprint density at radius 3 is 2.53 bits per heavy atom. The van der Waals surface area contributed by atoms with Crippen molar-refractivity contribution in [2.45, 2.75) is 38.4 Å². The molecule has 0 radical (unpaired) electrons. The Hall–Kier alpha value is -0.546. The second-order valence-corrected chi connectivity index (χ2v) is 6.98. The first-order valence-corrected chi connectivity index (χ1v) is 9.16. The topological polar surface area (TPSA) is 3.24 Å². The molecule has 0 aliphatic heterocycles. The average Bonchev–Trinajstić information content (AvgIpc) is 2.30. The van der Waals surface area contributed by atoms with E-state index < -0.39 is 0 Å². The van der Waals surface area contributed by atoms with Crippen molar-refractivity contribution < 1.29 is 0 Å². The fourth-order valence-electron chi connectivity index (χ4n) is 1.77. The van der Waals surface area contributed by atoms with Crippen LogP contribution in [0.3, 0.4) is 0 Å². The number of hydrogen-bond acceptors (Lipinski definition) is 1. The van der Waals surface area contributed by atoms with Gasteiger partial charge in [-0.15, -0.1) is 0 Å². The lowest BCUT2D eigenvalue weighted by Crippen LogP contribution is -2.35. The Kier molecular flexibility index (Phi) is 5.72. The molecule has 0 spiro atoms. The molecule has 0 aromatic heterocycles. The van der Waals surface area contributed by atoms with Crippen LogP contribution in [0.15, 0.2) is 30.3 Å². The molecule has 0 bridgehead atoms. The molecule has 15 heavy (non-hydrogen) atoms. The summed E-state index contributed by atoms with van der Waals surface area (Å²) < 4.78 is 2.68. The molecule has 0 fully saturated rings. The molecular weight excluding hydrogens is 214 g/mol. The second kappa shape index (κ2) is 6.85. The lowest BCUT2D eigenvalue weighted by Gasteiger charge is -2.31. The molecular formula is C12H23NSi2. The van der Waals surface area contributed by atoms with Gasteiger partial charge >= 0.3 is 0 Å².